The van der Waals surface area contributed by atoms with E-state index < -0.39 is 0 Å². The molecule has 0 bridgehead atoms. The van der Waals surface area contributed by atoms with Crippen LogP contribution in [-0.4, -0.2) is 18.1 Å². The van der Waals surface area contributed by atoms with E-state index in [1.165, 1.54) is 5.56 Å². The zero-order chi connectivity index (χ0) is 15.1. The summed E-state index contributed by atoms with van der Waals surface area (Å²) in [6.07, 6.45) is 2.56. The molecule has 0 amide bonds. The summed E-state index contributed by atoms with van der Waals surface area (Å²) < 4.78 is 5.74. The highest BCUT2D eigenvalue weighted by molar-refractivity contribution is 6.32. The van der Waals surface area contributed by atoms with Gasteiger partial charge >= 0.3 is 0 Å². The summed E-state index contributed by atoms with van der Waals surface area (Å²) in [5.74, 6) is 0.722. The minimum absolute atomic E-state index is 0.287. The smallest absolute Gasteiger partial charge is 0.137 e. The van der Waals surface area contributed by atoms with Gasteiger partial charge in [-0.05, 0) is 43.3 Å². The summed E-state index contributed by atoms with van der Waals surface area (Å²) >= 11 is 6.29. The highest BCUT2D eigenvalue weighted by atomic mass is 35.5. The van der Waals surface area contributed by atoms with Gasteiger partial charge in [0.05, 0.1) is 11.6 Å². The quantitative estimate of drug-likeness (QED) is 0.838. The molecule has 3 nitrogen and oxygen atoms in total. The first-order chi connectivity index (χ1) is 10.2. The third kappa shape index (κ3) is 4.73. The van der Waals surface area contributed by atoms with Crippen LogP contribution in [0.25, 0.3) is 0 Å². The van der Waals surface area contributed by atoms with Crippen molar-refractivity contribution < 1.29 is 4.74 Å². The van der Waals surface area contributed by atoms with Gasteiger partial charge in [-0.2, -0.15) is 0 Å². The Bertz CT molecular complexity index is 560. The Balaban J connectivity index is 1.92. The van der Waals surface area contributed by atoms with Crippen molar-refractivity contribution in [3.05, 3.63) is 58.9 Å². The third-order valence-corrected chi connectivity index (χ3v) is 3.60. The van der Waals surface area contributed by atoms with Crippen LogP contribution >= 0.6 is 11.6 Å². The molecule has 2 rings (SSSR count). The van der Waals surface area contributed by atoms with E-state index >= 15 is 0 Å². The van der Waals surface area contributed by atoms with Gasteiger partial charge < -0.3 is 10.1 Å². The van der Waals surface area contributed by atoms with E-state index in [4.69, 9.17) is 16.3 Å². The zero-order valence-electron chi connectivity index (χ0n) is 12.5. The summed E-state index contributed by atoms with van der Waals surface area (Å²) in [4.78, 5) is 4.27. The Morgan fingerprint density at radius 1 is 1.29 bits per heavy atom. The van der Waals surface area contributed by atoms with Crippen LogP contribution in [0, 0.1) is 0 Å². The maximum absolute atomic E-state index is 6.29. The van der Waals surface area contributed by atoms with Crippen molar-refractivity contribution in [1.82, 2.24) is 10.3 Å². The average Bonchev–Trinajstić information content (AvgIpc) is 2.50. The molecule has 1 heterocycles. The van der Waals surface area contributed by atoms with E-state index in [1.54, 1.807) is 6.20 Å². The van der Waals surface area contributed by atoms with Crippen molar-refractivity contribution in [2.45, 2.75) is 26.3 Å². The maximum Gasteiger partial charge on any atom is 0.137 e. The number of aromatic nitrogens is 1. The van der Waals surface area contributed by atoms with Gasteiger partial charge in [-0.3, -0.25) is 4.98 Å². The SMILES string of the molecule is CCNC(C)c1ccc(OCCc2ccccn2)c(Cl)c1. The van der Waals surface area contributed by atoms with Crippen molar-refractivity contribution >= 4 is 11.6 Å². The molecule has 0 saturated carbocycles. The number of hydrogen-bond acceptors (Lipinski definition) is 3. The maximum atomic E-state index is 6.29. The Hall–Kier alpha value is -1.58. The molecule has 0 saturated heterocycles. The van der Waals surface area contributed by atoms with Crippen LogP contribution in [0.15, 0.2) is 42.6 Å². The van der Waals surface area contributed by atoms with E-state index in [0.29, 0.717) is 11.6 Å². The Kier molecular flexibility index (Phi) is 6.03. The number of nitrogens with one attached hydrogen (secondary N) is 1. The molecule has 0 aliphatic rings. The number of nitrogens with zero attached hydrogens (tertiary/aromatic N) is 1. The third-order valence-electron chi connectivity index (χ3n) is 3.31. The second-order valence-electron chi connectivity index (χ2n) is 4.89. The highest BCUT2D eigenvalue weighted by Crippen LogP contribution is 2.28. The molecule has 0 fully saturated rings. The zero-order valence-corrected chi connectivity index (χ0v) is 13.2. The molecule has 1 N–H and O–H groups in total. The number of pyridine rings is 1. The second kappa shape index (κ2) is 8.01. The first-order valence-electron chi connectivity index (χ1n) is 7.26. The van der Waals surface area contributed by atoms with Crippen LogP contribution < -0.4 is 10.1 Å². The van der Waals surface area contributed by atoms with Crippen molar-refractivity contribution in [2.75, 3.05) is 13.2 Å². The topological polar surface area (TPSA) is 34.1 Å². The van der Waals surface area contributed by atoms with Gasteiger partial charge in [0.2, 0.25) is 0 Å². The number of halogens is 1. The van der Waals surface area contributed by atoms with Crippen molar-refractivity contribution in [1.29, 1.82) is 0 Å². The molecule has 1 aromatic heterocycles. The van der Waals surface area contributed by atoms with Gasteiger partial charge in [-0.1, -0.05) is 30.7 Å². The number of benzene rings is 1. The molecule has 1 atom stereocenters. The fourth-order valence-corrected chi connectivity index (χ4v) is 2.38. The van der Waals surface area contributed by atoms with Gasteiger partial charge in [-0.15, -0.1) is 0 Å². The van der Waals surface area contributed by atoms with Gasteiger partial charge in [0, 0.05) is 24.4 Å². The molecular formula is C17H21ClN2O. The lowest BCUT2D eigenvalue weighted by atomic mass is 10.1. The molecule has 0 radical (unpaired) electrons. The van der Waals surface area contributed by atoms with E-state index in [1.807, 2.05) is 30.3 Å². The fourth-order valence-electron chi connectivity index (χ4n) is 2.14. The largest absolute Gasteiger partial charge is 0.492 e. The standard InChI is InChI=1S/C17H21ClN2O/c1-3-19-13(2)14-7-8-17(16(18)12-14)21-11-9-15-6-4-5-10-20-15/h4-8,10,12-13,19H,3,9,11H2,1-2H3. The Labute approximate surface area is 131 Å². The molecule has 21 heavy (non-hydrogen) atoms. The Morgan fingerprint density at radius 3 is 2.81 bits per heavy atom. The molecule has 1 unspecified atom stereocenters. The van der Waals surface area contributed by atoms with Gasteiger partial charge in [0.15, 0.2) is 0 Å². The minimum atomic E-state index is 0.287. The molecule has 112 valence electrons. The summed E-state index contributed by atoms with van der Waals surface area (Å²) in [7, 11) is 0. The lowest BCUT2D eigenvalue weighted by Crippen LogP contribution is -2.17. The van der Waals surface area contributed by atoms with E-state index in [-0.39, 0.29) is 6.04 Å². The van der Waals surface area contributed by atoms with E-state index in [2.05, 4.69) is 30.2 Å². The first kappa shape index (κ1) is 15.8. The van der Waals surface area contributed by atoms with Crippen molar-refractivity contribution in [3.63, 3.8) is 0 Å². The van der Waals surface area contributed by atoms with Crippen LogP contribution in [-0.2, 0) is 6.42 Å². The van der Waals surface area contributed by atoms with Gasteiger partial charge in [0.25, 0.3) is 0 Å². The number of rotatable bonds is 7. The predicted molar refractivity (Wildman–Crippen MR) is 87.0 cm³/mol. The molecule has 0 spiro atoms. The van der Waals surface area contributed by atoms with Crippen molar-refractivity contribution in [2.24, 2.45) is 0 Å². The molecule has 2 aromatic rings. The van der Waals surface area contributed by atoms with Crippen molar-refractivity contribution in [3.8, 4) is 5.75 Å². The van der Waals surface area contributed by atoms with Gasteiger partial charge in [-0.25, -0.2) is 0 Å². The monoisotopic (exact) mass is 304 g/mol. The second-order valence-corrected chi connectivity index (χ2v) is 5.30. The summed E-state index contributed by atoms with van der Waals surface area (Å²) in [6.45, 7) is 5.71. The fraction of sp³-hybridized carbons (Fsp3) is 0.353. The lowest BCUT2D eigenvalue weighted by molar-refractivity contribution is 0.320. The van der Waals surface area contributed by atoms with E-state index in [0.717, 1.165) is 24.4 Å². The number of hydrogen-bond donors (Lipinski definition) is 1. The normalized spacial score (nSPS) is 12.1. The first-order valence-corrected chi connectivity index (χ1v) is 7.64. The predicted octanol–water partition coefficient (Wildman–Crippen LogP) is 4.03. The summed E-state index contributed by atoms with van der Waals surface area (Å²) in [5.41, 5.74) is 2.19. The summed E-state index contributed by atoms with van der Waals surface area (Å²) in [6, 6.07) is 12.1. The Morgan fingerprint density at radius 2 is 2.14 bits per heavy atom. The highest BCUT2D eigenvalue weighted by Gasteiger charge is 2.08. The average molecular weight is 305 g/mol. The molecule has 1 aromatic carbocycles. The van der Waals surface area contributed by atoms with Gasteiger partial charge in [0.1, 0.15) is 5.75 Å². The summed E-state index contributed by atoms with van der Waals surface area (Å²) in [5, 5.41) is 4.02. The molecule has 0 aliphatic heterocycles. The van der Waals surface area contributed by atoms with Crippen LogP contribution in [0.1, 0.15) is 31.1 Å². The lowest BCUT2D eigenvalue weighted by Gasteiger charge is -2.15. The molecule has 4 heteroatoms. The van der Waals surface area contributed by atoms with Crippen LogP contribution in [0.5, 0.6) is 5.75 Å². The van der Waals surface area contributed by atoms with E-state index in [9.17, 15) is 0 Å². The molecule has 0 aliphatic carbocycles. The minimum Gasteiger partial charge on any atom is -0.492 e. The van der Waals surface area contributed by atoms with Crippen LogP contribution in [0.4, 0.5) is 0 Å². The van der Waals surface area contributed by atoms with Crippen LogP contribution in [0.2, 0.25) is 5.02 Å². The molecular weight excluding hydrogens is 284 g/mol. The number of ether oxygens (including phenoxy) is 1. The van der Waals surface area contributed by atoms with Crippen LogP contribution in [0.3, 0.4) is 0 Å².